The highest BCUT2D eigenvalue weighted by molar-refractivity contribution is 6.30. The summed E-state index contributed by atoms with van der Waals surface area (Å²) in [4.78, 5) is 22.6. The second kappa shape index (κ2) is 4.72. The van der Waals surface area contributed by atoms with Crippen molar-refractivity contribution in [3.05, 3.63) is 34.6 Å². The molecular weight excluding hydrogens is 280 g/mol. The van der Waals surface area contributed by atoms with E-state index in [0.717, 1.165) is 5.52 Å². The van der Waals surface area contributed by atoms with E-state index in [9.17, 15) is 9.59 Å². The quantitative estimate of drug-likeness (QED) is 0.855. The second-order valence-corrected chi connectivity index (χ2v) is 5.13. The third-order valence-electron chi connectivity index (χ3n) is 3.25. The number of aldehydes is 1. The lowest BCUT2D eigenvalue weighted by Gasteiger charge is -2.18. The molecule has 0 spiro atoms. The number of carbonyl (C=O) groups excluding carboxylic acids is 2. The molecule has 102 valence electrons. The van der Waals surface area contributed by atoms with E-state index in [1.54, 1.807) is 22.8 Å². The van der Waals surface area contributed by atoms with Crippen LogP contribution in [0.25, 0.3) is 5.52 Å². The Labute approximate surface area is 119 Å². The van der Waals surface area contributed by atoms with E-state index < -0.39 is 0 Å². The number of pyridine rings is 1. The van der Waals surface area contributed by atoms with Gasteiger partial charge in [0.15, 0.2) is 6.29 Å². The standard InChI is InChI=1S/C13H11ClN4O2/c1-7-4-11(20)15-16-13(7)12-9(6-19)17-18-5-8(14)2-3-10(12)18/h2-3,5-7H,4H2,1H3,(H,15,20). The van der Waals surface area contributed by atoms with Crippen molar-refractivity contribution in [1.29, 1.82) is 0 Å². The van der Waals surface area contributed by atoms with Crippen molar-refractivity contribution in [3.8, 4) is 0 Å². The largest absolute Gasteiger partial charge is 0.296 e. The summed E-state index contributed by atoms with van der Waals surface area (Å²) in [5.41, 5.74) is 4.77. The van der Waals surface area contributed by atoms with E-state index in [0.29, 0.717) is 29.0 Å². The third kappa shape index (κ3) is 1.98. The number of aromatic nitrogens is 2. The maximum atomic E-state index is 11.3. The molecule has 7 heteroatoms. The Balaban J connectivity index is 2.24. The van der Waals surface area contributed by atoms with Gasteiger partial charge in [-0.1, -0.05) is 18.5 Å². The molecule has 1 unspecified atom stereocenters. The number of rotatable bonds is 2. The van der Waals surface area contributed by atoms with Gasteiger partial charge < -0.3 is 0 Å². The van der Waals surface area contributed by atoms with Crippen LogP contribution in [0.2, 0.25) is 5.02 Å². The zero-order chi connectivity index (χ0) is 14.3. The average Bonchev–Trinajstić information content (AvgIpc) is 2.76. The minimum absolute atomic E-state index is 0.0777. The summed E-state index contributed by atoms with van der Waals surface area (Å²) in [6.45, 7) is 1.89. The van der Waals surface area contributed by atoms with Gasteiger partial charge in [-0.2, -0.15) is 10.2 Å². The van der Waals surface area contributed by atoms with Crippen LogP contribution >= 0.6 is 11.6 Å². The molecule has 0 bridgehead atoms. The highest BCUT2D eigenvalue weighted by atomic mass is 35.5. The normalized spacial score (nSPS) is 18.8. The maximum Gasteiger partial charge on any atom is 0.240 e. The number of hydrogen-bond acceptors (Lipinski definition) is 4. The van der Waals surface area contributed by atoms with Gasteiger partial charge in [0.1, 0.15) is 5.69 Å². The number of amides is 1. The van der Waals surface area contributed by atoms with E-state index >= 15 is 0 Å². The van der Waals surface area contributed by atoms with Crippen LogP contribution in [0, 0.1) is 5.92 Å². The summed E-state index contributed by atoms with van der Waals surface area (Å²) in [7, 11) is 0. The zero-order valence-electron chi connectivity index (χ0n) is 10.6. The number of fused-ring (bicyclic) bond motifs is 1. The molecule has 0 saturated heterocycles. The van der Waals surface area contributed by atoms with Crippen LogP contribution in [-0.2, 0) is 4.79 Å². The van der Waals surface area contributed by atoms with Gasteiger partial charge >= 0.3 is 0 Å². The van der Waals surface area contributed by atoms with Gasteiger partial charge in [0, 0.05) is 18.5 Å². The number of carbonyl (C=O) groups is 2. The summed E-state index contributed by atoms with van der Waals surface area (Å²) in [5.74, 6) is -0.209. The lowest BCUT2D eigenvalue weighted by molar-refractivity contribution is -0.121. The summed E-state index contributed by atoms with van der Waals surface area (Å²) in [6.07, 6.45) is 2.64. The summed E-state index contributed by atoms with van der Waals surface area (Å²) >= 11 is 5.92. The Kier molecular flexibility index (Phi) is 3.02. The minimum Gasteiger partial charge on any atom is -0.296 e. The maximum absolute atomic E-state index is 11.3. The third-order valence-corrected chi connectivity index (χ3v) is 3.47. The summed E-state index contributed by atoms with van der Waals surface area (Å²) < 4.78 is 1.55. The van der Waals surface area contributed by atoms with E-state index in [1.165, 1.54) is 0 Å². The summed E-state index contributed by atoms with van der Waals surface area (Å²) in [6, 6.07) is 3.51. The van der Waals surface area contributed by atoms with Gasteiger partial charge in [0.25, 0.3) is 0 Å². The molecule has 6 nitrogen and oxygen atoms in total. The van der Waals surface area contributed by atoms with Crippen molar-refractivity contribution in [3.63, 3.8) is 0 Å². The van der Waals surface area contributed by atoms with Crippen molar-refractivity contribution in [2.45, 2.75) is 13.3 Å². The Morgan fingerprint density at radius 1 is 1.50 bits per heavy atom. The van der Waals surface area contributed by atoms with Gasteiger partial charge in [-0.3, -0.25) is 9.59 Å². The van der Waals surface area contributed by atoms with Crippen LogP contribution in [0.5, 0.6) is 0 Å². The van der Waals surface area contributed by atoms with Crippen molar-refractivity contribution >= 4 is 35.0 Å². The van der Waals surface area contributed by atoms with Crippen LogP contribution in [0.4, 0.5) is 0 Å². The molecule has 0 fully saturated rings. The van der Waals surface area contributed by atoms with Crippen LogP contribution < -0.4 is 5.43 Å². The first-order valence-electron chi connectivity index (χ1n) is 6.10. The van der Waals surface area contributed by atoms with E-state index in [4.69, 9.17) is 11.6 Å². The lowest BCUT2D eigenvalue weighted by Crippen LogP contribution is -2.32. The number of hydrogen-bond donors (Lipinski definition) is 1. The molecule has 1 atom stereocenters. The predicted octanol–water partition coefficient (Wildman–Crippen LogP) is 1.66. The van der Waals surface area contributed by atoms with Crippen molar-refractivity contribution in [2.75, 3.05) is 0 Å². The number of nitrogens with one attached hydrogen (secondary N) is 1. The van der Waals surface area contributed by atoms with Gasteiger partial charge in [0.2, 0.25) is 5.91 Å². The van der Waals surface area contributed by atoms with E-state index in [-0.39, 0.29) is 17.5 Å². The SMILES string of the molecule is CC1CC(=O)NN=C1c1c(C=O)nn2cc(Cl)ccc12. The molecule has 1 amide bonds. The minimum atomic E-state index is -0.131. The fraction of sp³-hybridized carbons (Fsp3) is 0.231. The fourth-order valence-electron chi connectivity index (χ4n) is 2.34. The Hall–Kier alpha value is -2.21. The number of hydrazone groups is 1. The molecule has 2 aromatic heterocycles. The lowest BCUT2D eigenvalue weighted by atomic mass is 9.93. The first kappa shape index (κ1) is 12.8. The van der Waals surface area contributed by atoms with Crippen LogP contribution in [0.15, 0.2) is 23.4 Å². The van der Waals surface area contributed by atoms with Crippen molar-refractivity contribution in [1.82, 2.24) is 15.0 Å². The highest BCUT2D eigenvalue weighted by Crippen LogP contribution is 2.24. The first-order chi connectivity index (χ1) is 9.60. The molecule has 0 aliphatic carbocycles. The molecule has 3 heterocycles. The van der Waals surface area contributed by atoms with Gasteiger partial charge in [-0.15, -0.1) is 0 Å². The molecule has 1 N–H and O–H groups in total. The van der Waals surface area contributed by atoms with Crippen LogP contribution in [0.3, 0.4) is 0 Å². The zero-order valence-corrected chi connectivity index (χ0v) is 11.4. The number of nitrogens with zero attached hydrogens (tertiary/aromatic N) is 3. The average molecular weight is 291 g/mol. The van der Waals surface area contributed by atoms with Gasteiger partial charge in [0.05, 0.1) is 21.8 Å². The topological polar surface area (TPSA) is 75.8 Å². The summed E-state index contributed by atoms with van der Waals surface area (Å²) in [5, 5.41) is 8.80. The number of halogens is 1. The first-order valence-corrected chi connectivity index (χ1v) is 6.48. The second-order valence-electron chi connectivity index (χ2n) is 4.69. The molecule has 0 radical (unpaired) electrons. The molecule has 0 saturated carbocycles. The molecule has 1 aliphatic heterocycles. The Morgan fingerprint density at radius 3 is 3.00 bits per heavy atom. The highest BCUT2D eigenvalue weighted by Gasteiger charge is 2.27. The van der Waals surface area contributed by atoms with Crippen LogP contribution in [-0.4, -0.2) is 27.5 Å². The molecule has 3 rings (SSSR count). The molecule has 2 aromatic rings. The molecule has 1 aliphatic rings. The van der Waals surface area contributed by atoms with Crippen molar-refractivity contribution in [2.24, 2.45) is 11.0 Å². The van der Waals surface area contributed by atoms with Crippen molar-refractivity contribution < 1.29 is 9.59 Å². The Bertz CT molecular complexity index is 750. The Morgan fingerprint density at radius 2 is 2.30 bits per heavy atom. The van der Waals surface area contributed by atoms with Gasteiger partial charge in [-0.25, -0.2) is 9.94 Å². The smallest absolute Gasteiger partial charge is 0.240 e. The molecular formula is C13H11ClN4O2. The van der Waals surface area contributed by atoms with E-state index in [2.05, 4.69) is 15.6 Å². The molecule has 20 heavy (non-hydrogen) atoms. The van der Waals surface area contributed by atoms with Gasteiger partial charge in [-0.05, 0) is 12.1 Å². The monoisotopic (exact) mass is 290 g/mol. The predicted molar refractivity (Wildman–Crippen MR) is 74.1 cm³/mol. The fourth-order valence-corrected chi connectivity index (χ4v) is 2.50. The molecule has 0 aromatic carbocycles. The van der Waals surface area contributed by atoms with E-state index in [1.807, 2.05) is 6.92 Å². The van der Waals surface area contributed by atoms with Crippen LogP contribution in [0.1, 0.15) is 29.4 Å².